The second-order valence-corrected chi connectivity index (χ2v) is 7.91. The third-order valence-electron chi connectivity index (χ3n) is 4.16. The number of hydrogen-bond acceptors (Lipinski definition) is 5. The fourth-order valence-corrected chi connectivity index (χ4v) is 3.39. The van der Waals surface area contributed by atoms with Gasteiger partial charge < -0.3 is 4.74 Å². The van der Waals surface area contributed by atoms with Gasteiger partial charge in [-0.05, 0) is 43.7 Å². The Bertz CT molecular complexity index is 1000. The summed E-state index contributed by atoms with van der Waals surface area (Å²) in [4.78, 5) is 16.8. The van der Waals surface area contributed by atoms with Crippen molar-refractivity contribution in [2.75, 3.05) is 6.61 Å². The Balaban J connectivity index is 1.64. The van der Waals surface area contributed by atoms with Gasteiger partial charge in [-0.2, -0.15) is 5.10 Å². The maximum absolute atomic E-state index is 12.4. The van der Waals surface area contributed by atoms with Crippen molar-refractivity contribution in [3.63, 3.8) is 0 Å². The summed E-state index contributed by atoms with van der Waals surface area (Å²) in [6, 6.07) is 12.6. The van der Waals surface area contributed by atoms with E-state index in [4.69, 9.17) is 16.3 Å². The zero-order valence-electron chi connectivity index (χ0n) is 16.3. The maximum Gasteiger partial charge on any atom is 0.271 e. The summed E-state index contributed by atoms with van der Waals surface area (Å²) in [5, 5.41) is 7.64. The SMILES string of the molecule is CCCCOc1ccc(Cl)cc1/C=N/NC(=O)c1ccc(-c2csc(C)n2)cc1. The Morgan fingerprint density at radius 2 is 2.07 bits per heavy atom. The molecular weight excluding hydrogens is 406 g/mol. The molecule has 0 bridgehead atoms. The smallest absolute Gasteiger partial charge is 0.271 e. The quantitative estimate of drug-likeness (QED) is 0.284. The van der Waals surface area contributed by atoms with Crippen LogP contribution in [-0.4, -0.2) is 23.7 Å². The molecule has 0 saturated heterocycles. The number of thiazole rings is 1. The van der Waals surface area contributed by atoms with Crippen LogP contribution in [0, 0.1) is 6.92 Å². The van der Waals surface area contributed by atoms with Gasteiger partial charge in [-0.15, -0.1) is 11.3 Å². The highest BCUT2D eigenvalue weighted by Crippen LogP contribution is 2.23. The van der Waals surface area contributed by atoms with Crippen LogP contribution in [0.25, 0.3) is 11.3 Å². The topological polar surface area (TPSA) is 63.6 Å². The van der Waals surface area contributed by atoms with Crippen LogP contribution in [0.1, 0.15) is 40.7 Å². The summed E-state index contributed by atoms with van der Waals surface area (Å²) in [6.45, 7) is 4.69. The number of benzene rings is 2. The molecule has 0 aliphatic rings. The molecule has 0 unspecified atom stereocenters. The molecule has 0 fully saturated rings. The maximum atomic E-state index is 12.4. The van der Waals surface area contributed by atoms with E-state index in [0.717, 1.165) is 29.1 Å². The predicted octanol–water partition coefficient (Wildman–Crippen LogP) is 5.71. The number of carbonyl (C=O) groups excluding carboxylic acids is 1. The first-order valence-electron chi connectivity index (χ1n) is 9.35. The minimum atomic E-state index is -0.294. The van der Waals surface area contributed by atoms with Crippen LogP contribution in [0.2, 0.25) is 5.02 Å². The van der Waals surface area contributed by atoms with Gasteiger partial charge in [0.05, 0.1) is 23.5 Å². The van der Waals surface area contributed by atoms with Crippen molar-refractivity contribution >= 4 is 35.1 Å². The lowest BCUT2D eigenvalue weighted by Gasteiger charge is -2.09. The van der Waals surface area contributed by atoms with E-state index in [0.29, 0.717) is 28.5 Å². The van der Waals surface area contributed by atoms with Gasteiger partial charge in [-0.3, -0.25) is 4.79 Å². The van der Waals surface area contributed by atoms with Gasteiger partial charge in [0.15, 0.2) is 0 Å². The number of nitrogens with one attached hydrogen (secondary N) is 1. The molecule has 7 heteroatoms. The average molecular weight is 428 g/mol. The van der Waals surface area contributed by atoms with Crippen molar-refractivity contribution < 1.29 is 9.53 Å². The molecule has 1 N–H and O–H groups in total. The number of aromatic nitrogens is 1. The Labute approximate surface area is 179 Å². The summed E-state index contributed by atoms with van der Waals surface area (Å²) in [6.07, 6.45) is 3.55. The summed E-state index contributed by atoms with van der Waals surface area (Å²) >= 11 is 7.67. The standard InChI is InChI=1S/C22H22ClN3O2S/c1-3-4-11-28-21-10-9-19(23)12-18(21)13-24-26-22(27)17-7-5-16(6-8-17)20-14-29-15(2)25-20/h5-10,12-14H,3-4,11H2,1-2H3,(H,26,27)/b24-13+. The van der Waals surface area contributed by atoms with E-state index in [2.05, 4.69) is 22.4 Å². The van der Waals surface area contributed by atoms with Gasteiger partial charge in [-0.1, -0.05) is 37.1 Å². The fourth-order valence-electron chi connectivity index (χ4n) is 2.59. The molecule has 29 heavy (non-hydrogen) atoms. The first-order chi connectivity index (χ1) is 14.1. The van der Waals surface area contributed by atoms with E-state index >= 15 is 0 Å². The molecule has 5 nitrogen and oxygen atoms in total. The largest absolute Gasteiger partial charge is 0.493 e. The minimum absolute atomic E-state index is 0.294. The number of halogens is 1. The van der Waals surface area contributed by atoms with Crippen LogP contribution < -0.4 is 10.2 Å². The van der Waals surface area contributed by atoms with Crippen molar-refractivity contribution in [1.29, 1.82) is 0 Å². The molecule has 3 aromatic rings. The number of hydrogen-bond donors (Lipinski definition) is 1. The summed E-state index contributed by atoms with van der Waals surface area (Å²) in [5.41, 5.74) is 5.66. The van der Waals surface area contributed by atoms with E-state index in [9.17, 15) is 4.79 Å². The molecule has 0 atom stereocenters. The summed E-state index contributed by atoms with van der Waals surface area (Å²) < 4.78 is 5.76. The summed E-state index contributed by atoms with van der Waals surface area (Å²) in [7, 11) is 0. The predicted molar refractivity (Wildman–Crippen MR) is 119 cm³/mol. The molecule has 2 aromatic carbocycles. The molecule has 0 aliphatic heterocycles. The van der Waals surface area contributed by atoms with Gasteiger partial charge >= 0.3 is 0 Å². The lowest BCUT2D eigenvalue weighted by molar-refractivity contribution is 0.0955. The van der Waals surface area contributed by atoms with Crippen LogP contribution in [0.5, 0.6) is 5.75 Å². The highest BCUT2D eigenvalue weighted by atomic mass is 35.5. The monoisotopic (exact) mass is 427 g/mol. The average Bonchev–Trinajstić information content (AvgIpc) is 3.16. The zero-order chi connectivity index (χ0) is 20.6. The van der Waals surface area contributed by atoms with Gasteiger partial charge in [0, 0.05) is 27.1 Å². The van der Waals surface area contributed by atoms with E-state index in [-0.39, 0.29) is 5.91 Å². The molecule has 0 spiro atoms. The van der Waals surface area contributed by atoms with Crippen molar-refractivity contribution in [1.82, 2.24) is 10.4 Å². The molecule has 0 saturated carbocycles. The molecule has 0 radical (unpaired) electrons. The molecule has 1 aromatic heterocycles. The number of rotatable bonds is 8. The van der Waals surface area contributed by atoms with Gasteiger partial charge in [0.1, 0.15) is 5.75 Å². The van der Waals surface area contributed by atoms with Gasteiger partial charge in [0.2, 0.25) is 0 Å². The Kier molecular flexibility index (Phi) is 7.38. The third kappa shape index (κ3) is 5.89. The van der Waals surface area contributed by atoms with E-state index in [1.165, 1.54) is 6.21 Å². The highest BCUT2D eigenvalue weighted by Gasteiger charge is 2.07. The van der Waals surface area contributed by atoms with Crippen LogP contribution in [-0.2, 0) is 0 Å². The van der Waals surface area contributed by atoms with E-state index in [1.54, 1.807) is 41.7 Å². The lowest BCUT2D eigenvalue weighted by Crippen LogP contribution is -2.17. The van der Waals surface area contributed by atoms with Crippen molar-refractivity contribution in [2.45, 2.75) is 26.7 Å². The third-order valence-corrected chi connectivity index (χ3v) is 5.17. The molecular formula is C22H22ClN3O2S. The van der Waals surface area contributed by atoms with Crippen LogP contribution >= 0.6 is 22.9 Å². The highest BCUT2D eigenvalue weighted by molar-refractivity contribution is 7.09. The normalized spacial score (nSPS) is 11.0. The van der Waals surface area contributed by atoms with E-state index in [1.807, 2.05) is 24.4 Å². The molecule has 1 amide bonds. The van der Waals surface area contributed by atoms with Crippen LogP contribution in [0.4, 0.5) is 0 Å². The second-order valence-electron chi connectivity index (χ2n) is 6.41. The van der Waals surface area contributed by atoms with Crippen LogP contribution in [0.15, 0.2) is 52.9 Å². The lowest BCUT2D eigenvalue weighted by atomic mass is 10.1. The number of ether oxygens (including phenoxy) is 1. The number of aryl methyl sites for hydroxylation is 1. The van der Waals surface area contributed by atoms with Crippen molar-refractivity contribution in [2.24, 2.45) is 5.10 Å². The number of unbranched alkanes of at least 4 members (excludes halogenated alkanes) is 1. The fraction of sp³-hybridized carbons (Fsp3) is 0.227. The molecule has 150 valence electrons. The number of hydrazone groups is 1. The van der Waals surface area contributed by atoms with Gasteiger partial charge in [-0.25, -0.2) is 10.4 Å². The minimum Gasteiger partial charge on any atom is -0.493 e. The number of amides is 1. The van der Waals surface area contributed by atoms with Gasteiger partial charge in [0.25, 0.3) is 5.91 Å². The second kappa shape index (κ2) is 10.2. The Morgan fingerprint density at radius 3 is 2.76 bits per heavy atom. The summed E-state index contributed by atoms with van der Waals surface area (Å²) in [5.74, 6) is 0.390. The number of nitrogens with zero attached hydrogens (tertiary/aromatic N) is 2. The first kappa shape index (κ1) is 21.0. The molecule has 3 rings (SSSR count). The van der Waals surface area contributed by atoms with Crippen molar-refractivity contribution in [3.05, 3.63) is 69.0 Å². The van der Waals surface area contributed by atoms with Crippen LogP contribution in [0.3, 0.4) is 0 Å². The Morgan fingerprint density at radius 1 is 1.28 bits per heavy atom. The first-order valence-corrected chi connectivity index (χ1v) is 10.6. The molecule has 0 aliphatic carbocycles. The Hall–Kier alpha value is -2.70. The van der Waals surface area contributed by atoms with Crippen molar-refractivity contribution in [3.8, 4) is 17.0 Å². The number of carbonyl (C=O) groups is 1. The zero-order valence-corrected chi connectivity index (χ0v) is 17.9. The van der Waals surface area contributed by atoms with E-state index < -0.39 is 0 Å². The molecule has 1 heterocycles.